The first-order valence-electron chi connectivity index (χ1n) is 4.84. The minimum Gasteiger partial charge on any atom is -0.385 e. The summed E-state index contributed by atoms with van der Waals surface area (Å²) in [5.41, 5.74) is 2.90. The van der Waals surface area contributed by atoms with Gasteiger partial charge in [0.25, 0.3) is 6.43 Å². The first-order valence-corrected chi connectivity index (χ1v) is 4.84. The molecule has 1 heterocycles. The van der Waals surface area contributed by atoms with Crippen LogP contribution in [0, 0.1) is 6.92 Å². The molecule has 3 heteroatoms. The zero-order valence-electron chi connectivity index (χ0n) is 8.11. The zero-order valence-corrected chi connectivity index (χ0v) is 8.11. The number of fused-ring (bicyclic) bond motifs is 1. The lowest BCUT2D eigenvalue weighted by atomic mass is 9.97. The monoisotopic (exact) mass is 197 g/mol. The van der Waals surface area contributed by atoms with Gasteiger partial charge in [0.1, 0.15) is 0 Å². The highest BCUT2D eigenvalue weighted by Crippen LogP contribution is 2.30. The van der Waals surface area contributed by atoms with Gasteiger partial charge in [-0.1, -0.05) is 6.07 Å². The van der Waals surface area contributed by atoms with E-state index >= 15 is 0 Å². The molecule has 1 aromatic rings. The van der Waals surface area contributed by atoms with E-state index in [9.17, 15) is 8.78 Å². The fourth-order valence-electron chi connectivity index (χ4n) is 1.89. The maximum absolute atomic E-state index is 12.6. The van der Waals surface area contributed by atoms with Crippen molar-refractivity contribution in [3.8, 4) is 0 Å². The van der Waals surface area contributed by atoms with Crippen LogP contribution >= 0.6 is 0 Å². The van der Waals surface area contributed by atoms with Crippen molar-refractivity contribution < 1.29 is 8.78 Å². The number of halogens is 2. The van der Waals surface area contributed by atoms with Crippen molar-refractivity contribution in [3.05, 3.63) is 28.8 Å². The lowest BCUT2D eigenvalue weighted by Crippen LogP contribution is -2.12. The summed E-state index contributed by atoms with van der Waals surface area (Å²) in [6.45, 7) is 2.63. The molecule has 0 unspecified atom stereocenters. The Morgan fingerprint density at radius 2 is 2.14 bits per heavy atom. The van der Waals surface area contributed by atoms with Crippen LogP contribution in [0.3, 0.4) is 0 Å². The Hall–Kier alpha value is -1.12. The Morgan fingerprint density at radius 3 is 2.86 bits per heavy atom. The van der Waals surface area contributed by atoms with Crippen LogP contribution in [0.15, 0.2) is 12.1 Å². The van der Waals surface area contributed by atoms with Gasteiger partial charge in [-0.3, -0.25) is 0 Å². The molecule has 0 aromatic heterocycles. The van der Waals surface area contributed by atoms with Crippen LogP contribution in [0.5, 0.6) is 0 Å². The summed E-state index contributed by atoms with van der Waals surface area (Å²) in [4.78, 5) is 0. The zero-order chi connectivity index (χ0) is 10.1. The number of nitrogens with one attached hydrogen (secondary N) is 1. The van der Waals surface area contributed by atoms with Crippen LogP contribution in [0.2, 0.25) is 0 Å². The lowest BCUT2D eigenvalue weighted by molar-refractivity contribution is 0.150. The average Bonchev–Trinajstić information content (AvgIpc) is 2.16. The Morgan fingerprint density at radius 1 is 1.36 bits per heavy atom. The topological polar surface area (TPSA) is 12.0 Å². The first kappa shape index (κ1) is 9.44. The van der Waals surface area contributed by atoms with Gasteiger partial charge in [-0.2, -0.15) is 0 Å². The molecule has 0 bridgehead atoms. The summed E-state index contributed by atoms with van der Waals surface area (Å²) in [5, 5.41) is 3.15. The number of aryl methyl sites for hydroxylation is 2. The third-order valence-corrected chi connectivity index (χ3v) is 2.67. The molecule has 14 heavy (non-hydrogen) atoms. The van der Waals surface area contributed by atoms with E-state index in [1.165, 1.54) is 0 Å². The molecule has 0 spiro atoms. The number of alkyl halides is 2. The van der Waals surface area contributed by atoms with E-state index in [0.717, 1.165) is 30.6 Å². The fourth-order valence-corrected chi connectivity index (χ4v) is 1.89. The molecule has 76 valence electrons. The molecule has 1 N–H and O–H groups in total. The van der Waals surface area contributed by atoms with Crippen LogP contribution in [-0.2, 0) is 6.42 Å². The standard InChI is InChI=1S/C11H13F2N/c1-7-5-8-3-2-4-14-10(8)6-9(7)11(12)13/h5-6,11,14H,2-4H2,1H3. The van der Waals surface area contributed by atoms with Crippen molar-refractivity contribution in [1.82, 2.24) is 0 Å². The molecule has 0 fully saturated rings. The van der Waals surface area contributed by atoms with Crippen molar-refractivity contribution in [2.24, 2.45) is 0 Å². The van der Waals surface area contributed by atoms with E-state index in [0.29, 0.717) is 5.56 Å². The normalized spacial score (nSPS) is 15.1. The van der Waals surface area contributed by atoms with Crippen molar-refractivity contribution in [2.45, 2.75) is 26.2 Å². The van der Waals surface area contributed by atoms with Gasteiger partial charge in [-0.15, -0.1) is 0 Å². The molecule has 1 nitrogen and oxygen atoms in total. The van der Waals surface area contributed by atoms with Crippen LogP contribution in [0.4, 0.5) is 14.5 Å². The molecular formula is C11H13F2N. The second-order valence-corrected chi connectivity index (χ2v) is 3.70. The number of anilines is 1. The van der Waals surface area contributed by atoms with E-state index in [4.69, 9.17) is 0 Å². The van der Waals surface area contributed by atoms with Crippen molar-refractivity contribution in [1.29, 1.82) is 0 Å². The number of rotatable bonds is 1. The molecule has 0 saturated carbocycles. The predicted octanol–water partition coefficient (Wildman–Crippen LogP) is 3.29. The Bertz CT molecular complexity index is 347. The maximum Gasteiger partial charge on any atom is 0.264 e. The van der Waals surface area contributed by atoms with E-state index in [-0.39, 0.29) is 5.56 Å². The number of benzene rings is 1. The quantitative estimate of drug-likeness (QED) is 0.728. The Labute approximate surface area is 82.1 Å². The van der Waals surface area contributed by atoms with Crippen molar-refractivity contribution >= 4 is 5.69 Å². The Kier molecular flexibility index (Phi) is 2.40. The van der Waals surface area contributed by atoms with Gasteiger partial charge in [-0.05, 0) is 37.0 Å². The summed E-state index contributed by atoms with van der Waals surface area (Å²) >= 11 is 0. The average molecular weight is 197 g/mol. The highest BCUT2D eigenvalue weighted by molar-refractivity contribution is 5.57. The van der Waals surface area contributed by atoms with Gasteiger partial charge in [0.05, 0.1) is 0 Å². The van der Waals surface area contributed by atoms with Gasteiger partial charge in [0.15, 0.2) is 0 Å². The predicted molar refractivity (Wildman–Crippen MR) is 52.9 cm³/mol. The summed E-state index contributed by atoms with van der Waals surface area (Å²) in [6, 6.07) is 3.47. The number of hydrogen-bond acceptors (Lipinski definition) is 1. The van der Waals surface area contributed by atoms with Crippen LogP contribution in [0.1, 0.15) is 29.5 Å². The third-order valence-electron chi connectivity index (χ3n) is 2.67. The van der Waals surface area contributed by atoms with E-state index < -0.39 is 6.43 Å². The van der Waals surface area contributed by atoms with E-state index in [1.807, 2.05) is 6.07 Å². The first-order chi connectivity index (χ1) is 6.68. The second-order valence-electron chi connectivity index (χ2n) is 3.70. The van der Waals surface area contributed by atoms with Gasteiger partial charge in [-0.25, -0.2) is 8.78 Å². The van der Waals surface area contributed by atoms with Crippen molar-refractivity contribution in [3.63, 3.8) is 0 Å². The van der Waals surface area contributed by atoms with Gasteiger partial charge in [0.2, 0.25) is 0 Å². The molecule has 1 aliphatic rings. The van der Waals surface area contributed by atoms with Gasteiger partial charge in [0, 0.05) is 17.8 Å². The molecule has 0 aliphatic carbocycles. The van der Waals surface area contributed by atoms with Crippen LogP contribution in [0.25, 0.3) is 0 Å². The molecule has 1 aliphatic heterocycles. The summed E-state index contributed by atoms with van der Waals surface area (Å²) < 4.78 is 25.1. The molecule has 0 saturated heterocycles. The summed E-state index contributed by atoms with van der Waals surface area (Å²) in [6.07, 6.45) is -0.295. The maximum atomic E-state index is 12.6. The lowest BCUT2D eigenvalue weighted by Gasteiger charge is -2.20. The highest BCUT2D eigenvalue weighted by Gasteiger charge is 2.15. The summed E-state index contributed by atoms with van der Waals surface area (Å²) in [7, 11) is 0. The molecule has 0 amide bonds. The largest absolute Gasteiger partial charge is 0.385 e. The Balaban J connectivity index is 2.45. The van der Waals surface area contributed by atoms with Crippen LogP contribution in [-0.4, -0.2) is 6.54 Å². The second kappa shape index (κ2) is 3.56. The molecule has 0 atom stereocenters. The molecule has 0 radical (unpaired) electrons. The van der Waals surface area contributed by atoms with Crippen LogP contribution < -0.4 is 5.32 Å². The molecule has 2 rings (SSSR count). The molecular weight excluding hydrogens is 184 g/mol. The highest BCUT2D eigenvalue weighted by atomic mass is 19.3. The number of hydrogen-bond donors (Lipinski definition) is 1. The minimum atomic E-state index is -2.37. The van der Waals surface area contributed by atoms with E-state index in [1.54, 1.807) is 13.0 Å². The third kappa shape index (κ3) is 1.59. The summed E-state index contributed by atoms with van der Waals surface area (Å²) in [5.74, 6) is 0. The molecule has 1 aromatic carbocycles. The van der Waals surface area contributed by atoms with Gasteiger partial charge < -0.3 is 5.32 Å². The van der Waals surface area contributed by atoms with E-state index in [2.05, 4.69) is 5.32 Å². The minimum absolute atomic E-state index is 0.151. The van der Waals surface area contributed by atoms with Crippen molar-refractivity contribution in [2.75, 3.05) is 11.9 Å². The SMILES string of the molecule is Cc1cc2c(cc1C(F)F)NCCC2. The smallest absolute Gasteiger partial charge is 0.264 e. The van der Waals surface area contributed by atoms with Gasteiger partial charge >= 0.3 is 0 Å². The fraction of sp³-hybridized carbons (Fsp3) is 0.455.